The van der Waals surface area contributed by atoms with Crippen molar-refractivity contribution < 1.29 is 18.0 Å². The van der Waals surface area contributed by atoms with Gasteiger partial charge < -0.3 is 5.32 Å². The fourth-order valence-corrected chi connectivity index (χ4v) is 2.92. The molecule has 4 nitrogen and oxygen atoms in total. The number of rotatable bonds is 7. The van der Waals surface area contributed by atoms with E-state index in [0.717, 1.165) is 29.9 Å². The van der Waals surface area contributed by atoms with Crippen LogP contribution in [0, 0.1) is 13.8 Å². The molecule has 0 radical (unpaired) electrons. The van der Waals surface area contributed by atoms with E-state index in [0.29, 0.717) is 18.5 Å². The average molecular weight is 367 g/mol. The molecule has 7 heteroatoms. The molecule has 0 saturated carbocycles. The second kappa shape index (κ2) is 8.38. The first-order valence-corrected chi connectivity index (χ1v) is 8.68. The van der Waals surface area contributed by atoms with Crippen LogP contribution in [0.1, 0.15) is 54.7 Å². The van der Waals surface area contributed by atoms with Crippen LogP contribution in [0.15, 0.2) is 30.3 Å². The summed E-state index contributed by atoms with van der Waals surface area (Å²) < 4.78 is 40.6. The van der Waals surface area contributed by atoms with Crippen molar-refractivity contribution in [2.45, 2.75) is 58.8 Å². The number of benzene rings is 1. The van der Waals surface area contributed by atoms with Gasteiger partial charge in [-0.2, -0.15) is 18.3 Å². The summed E-state index contributed by atoms with van der Waals surface area (Å²) in [5.74, 6) is -0.201. The van der Waals surface area contributed by atoms with Crippen LogP contribution in [0.4, 0.5) is 13.2 Å². The van der Waals surface area contributed by atoms with E-state index >= 15 is 0 Å². The van der Waals surface area contributed by atoms with E-state index in [1.807, 2.05) is 26.8 Å². The van der Waals surface area contributed by atoms with Gasteiger partial charge in [-0.05, 0) is 44.0 Å². The number of carbonyl (C=O) groups excluding carboxylic acids is 1. The Morgan fingerprint density at radius 1 is 1.27 bits per heavy atom. The largest absolute Gasteiger partial charge is 0.416 e. The fraction of sp³-hybridized carbons (Fsp3) is 0.474. The van der Waals surface area contributed by atoms with Gasteiger partial charge >= 0.3 is 6.18 Å². The normalized spacial score (nSPS) is 12.8. The molecule has 2 rings (SSSR count). The summed E-state index contributed by atoms with van der Waals surface area (Å²) in [4.78, 5) is 12.3. The molecular formula is C19H24F3N3O. The third-order valence-electron chi connectivity index (χ3n) is 4.18. The van der Waals surface area contributed by atoms with Crippen molar-refractivity contribution in [2.24, 2.45) is 0 Å². The molecule has 0 aliphatic rings. The number of alkyl halides is 3. The van der Waals surface area contributed by atoms with Crippen molar-refractivity contribution in [2.75, 3.05) is 0 Å². The summed E-state index contributed by atoms with van der Waals surface area (Å²) in [5.41, 5.74) is 1.63. The third-order valence-corrected chi connectivity index (χ3v) is 4.18. The average Bonchev–Trinajstić information content (AvgIpc) is 2.89. The van der Waals surface area contributed by atoms with Crippen LogP contribution >= 0.6 is 0 Å². The lowest BCUT2D eigenvalue weighted by molar-refractivity contribution is -0.137. The number of halogens is 3. The van der Waals surface area contributed by atoms with Crippen LogP contribution < -0.4 is 5.32 Å². The number of carbonyl (C=O) groups is 1. The highest BCUT2D eigenvalue weighted by molar-refractivity contribution is 5.76. The maximum absolute atomic E-state index is 12.9. The topological polar surface area (TPSA) is 46.9 Å². The van der Waals surface area contributed by atoms with Crippen LogP contribution in [0.25, 0.3) is 0 Å². The molecule has 1 N–H and O–H groups in total. The Bertz CT molecular complexity index is 753. The Hall–Kier alpha value is -2.31. The summed E-state index contributed by atoms with van der Waals surface area (Å²) in [5, 5.41) is 7.17. The van der Waals surface area contributed by atoms with E-state index in [2.05, 4.69) is 10.4 Å². The molecule has 0 bridgehead atoms. The molecule has 1 heterocycles. The highest BCUT2D eigenvalue weighted by Crippen LogP contribution is 2.31. The zero-order chi connectivity index (χ0) is 19.3. The van der Waals surface area contributed by atoms with E-state index < -0.39 is 17.8 Å². The smallest absolute Gasteiger partial charge is 0.349 e. The second-order valence-corrected chi connectivity index (χ2v) is 6.43. The number of aryl methyl sites for hydroxylation is 3. The summed E-state index contributed by atoms with van der Waals surface area (Å²) >= 11 is 0. The number of hydrogen-bond donors (Lipinski definition) is 1. The van der Waals surface area contributed by atoms with Gasteiger partial charge in [-0.15, -0.1) is 0 Å². The standard InChI is InChI=1S/C19H24F3N3O/c1-4-6-17(15-7-5-8-16(12-15)19(20,21)22)23-18(26)9-10-25-14(3)11-13(2)24-25/h5,7-8,11-12,17H,4,6,9-10H2,1-3H3,(H,23,26). The lowest BCUT2D eigenvalue weighted by Crippen LogP contribution is -2.29. The van der Waals surface area contributed by atoms with E-state index in [9.17, 15) is 18.0 Å². The molecule has 0 saturated heterocycles. The third kappa shape index (κ3) is 5.34. The highest BCUT2D eigenvalue weighted by atomic mass is 19.4. The molecule has 0 aliphatic heterocycles. The number of hydrogen-bond acceptors (Lipinski definition) is 2. The number of amides is 1. The minimum Gasteiger partial charge on any atom is -0.349 e. The van der Waals surface area contributed by atoms with Crippen molar-refractivity contribution >= 4 is 5.91 Å². The second-order valence-electron chi connectivity index (χ2n) is 6.43. The van der Waals surface area contributed by atoms with Crippen molar-refractivity contribution in [1.82, 2.24) is 15.1 Å². The molecule has 142 valence electrons. The number of aromatic nitrogens is 2. The van der Waals surface area contributed by atoms with Crippen molar-refractivity contribution in [1.29, 1.82) is 0 Å². The molecule has 26 heavy (non-hydrogen) atoms. The van der Waals surface area contributed by atoms with Gasteiger partial charge in [0.25, 0.3) is 0 Å². The van der Waals surface area contributed by atoms with E-state index in [4.69, 9.17) is 0 Å². The van der Waals surface area contributed by atoms with Gasteiger partial charge in [0.05, 0.1) is 17.3 Å². The van der Waals surface area contributed by atoms with E-state index in [1.54, 1.807) is 10.7 Å². The van der Waals surface area contributed by atoms with Crippen LogP contribution in [-0.4, -0.2) is 15.7 Å². The Labute approximate surface area is 151 Å². The molecule has 1 amide bonds. The highest BCUT2D eigenvalue weighted by Gasteiger charge is 2.31. The molecule has 1 aromatic heterocycles. The maximum atomic E-state index is 12.9. The Morgan fingerprint density at radius 2 is 2.00 bits per heavy atom. The van der Waals surface area contributed by atoms with Crippen LogP contribution in [0.3, 0.4) is 0 Å². The molecule has 0 aliphatic carbocycles. The SMILES string of the molecule is CCCC(NC(=O)CCn1nc(C)cc1C)c1cccc(C(F)(F)F)c1. The monoisotopic (exact) mass is 367 g/mol. The minimum atomic E-state index is -4.40. The van der Waals surface area contributed by atoms with Crippen LogP contribution in [0.2, 0.25) is 0 Å². The van der Waals surface area contributed by atoms with Crippen molar-refractivity contribution in [3.8, 4) is 0 Å². The van der Waals surface area contributed by atoms with Crippen molar-refractivity contribution in [3.63, 3.8) is 0 Å². The van der Waals surface area contributed by atoms with Gasteiger partial charge in [0.2, 0.25) is 5.91 Å². The molecule has 0 fully saturated rings. The zero-order valence-corrected chi connectivity index (χ0v) is 15.2. The van der Waals surface area contributed by atoms with Gasteiger partial charge in [0, 0.05) is 18.7 Å². The first-order chi connectivity index (χ1) is 12.2. The van der Waals surface area contributed by atoms with Gasteiger partial charge in [0.1, 0.15) is 0 Å². The summed E-state index contributed by atoms with van der Waals surface area (Å²) in [7, 11) is 0. The van der Waals surface area contributed by atoms with Gasteiger partial charge in [0.15, 0.2) is 0 Å². The molecule has 1 aromatic carbocycles. The predicted octanol–water partition coefficient (Wildman–Crippen LogP) is 4.57. The minimum absolute atomic E-state index is 0.201. The van der Waals surface area contributed by atoms with Crippen LogP contribution in [-0.2, 0) is 17.5 Å². The Balaban J connectivity index is 2.05. The fourth-order valence-electron chi connectivity index (χ4n) is 2.92. The van der Waals surface area contributed by atoms with Gasteiger partial charge in [-0.3, -0.25) is 9.48 Å². The molecular weight excluding hydrogens is 343 g/mol. The zero-order valence-electron chi connectivity index (χ0n) is 15.2. The summed E-state index contributed by atoms with van der Waals surface area (Å²) in [6.45, 7) is 6.17. The molecule has 1 unspecified atom stereocenters. The Kier molecular flexibility index (Phi) is 6.45. The first-order valence-electron chi connectivity index (χ1n) is 8.68. The predicted molar refractivity (Wildman–Crippen MR) is 93.6 cm³/mol. The van der Waals surface area contributed by atoms with Crippen LogP contribution in [0.5, 0.6) is 0 Å². The van der Waals surface area contributed by atoms with E-state index in [1.165, 1.54) is 6.07 Å². The molecule has 1 atom stereocenters. The van der Waals surface area contributed by atoms with Gasteiger partial charge in [-0.1, -0.05) is 25.5 Å². The lowest BCUT2D eigenvalue weighted by Gasteiger charge is -2.20. The summed E-state index contributed by atoms with van der Waals surface area (Å²) in [6, 6.07) is 6.65. The number of nitrogens with one attached hydrogen (secondary N) is 1. The maximum Gasteiger partial charge on any atom is 0.416 e. The molecule has 0 spiro atoms. The quantitative estimate of drug-likeness (QED) is 0.779. The lowest BCUT2D eigenvalue weighted by atomic mass is 9.99. The number of nitrogens with zero attached hydrogens (tertiary/aromatic N) is 2. The van der Waals surface area contributed by atoms with Crippen molar-refractivity contribution in [3.05, 3.63) is 52.8 Å². The van der Waals surface area contributed by atoms with Gasteiger partial charge in [-0.25, -0.2) is 0 Å². The Morgan fingerprint density at radius 3 is 2.58 bits per heavy atom. The first kappa shape index (κ1) is 20.0. The van der Waals surface area contributed by atoms with E-state index in [-0.39, 0.29) is 12.3 Å². The summed E-state index contributed by atoms with van der Waals surface area (Å²) in [6.07, 6.45) is -2.85. The molecule has 2 aromatic rings.